The standard InChI is InChI=1S/C16H18FNO2/c1-19-16-8-7-12(11-14(16)17)15(18)9-10-20-13-5-3-2-4-6-13/h2-8,11,15H,9-10,18H2,1H3. The summed E-state index contributed by atoms with van der Waals surface area (Å²) in [6.07, 6.45) is 0.612. The lowest BCUT2D eigenvalue weighted by Gasteiger charge is -2.14. The van der Waals surface area contributed by atoms with E-state index >= 15 is 0 Å². The van der Waals surface area contributed by atoms with Crippen LogP contribution in [0.3, 0.4) is 0 Å². The molecule has 0 aliphatic carbocycles. The lowest BCUT2D eigenvalue weighted by atomic mass is 10.0. The number of hydrogen-bond donors (Lipinski definition) is 1. The van der Waals surface area contributed by atoms with Gasteiger partial charge in [-0.2, -0.15) is 0 Å². The van der Waals surface area contributed by atoms with E-state index in [1.54, 1.807) is 12.1 Å². The summed E-state index contributed by atoms with van der Waals surface area (Å²) < 4.78 is 24.0. The van der Waals surface area contributed by atoms with E-state index < -0.39 is 5.82 Å². The third-order valence-electron chi connectivity index (χ3n) is 3.04. The van der Waals surface area contributed by atoms with Gasteiger partial charge in [0.25, 0.3) is 0 Å². The van der Waals surface area contributed by atoms with E-state index in [4.69, 9.17) is 15.2 Å². The van der Waals surface area contributed by atoms with Crippen molar-refractivity contribution in [3.8, 4) is 11.5 Å². The fraction of sp³-hybridized carbons (Fsp3) is 0.250. The molecule has 106 valence electrons. The molecule has 20 heavy (non-hydrogen) atoms. The van der Waals surface area contributed by atoms with Crippen LogP contribution in [-0.4, -0.2) is 13.7 Å². The molecule has 0 fully saturated rings. The maximum atomic E-state index is 13.6. The Morgan fingerprint density at radius 3 is 2.55 bits per heavy atom. The van der Waals surface area contributed by atoms with Crippen LogP contribution >= 0.6 is 0 Å². The molecule has 2 aromatic carbocycles. The van der Waals surface area contributed by atoms with Gasteiger partial charge < -0.3 is 15.2 Å². The van der Waals surface area contributed by atoms with Crippen LogP contribution in [-0.2, 0) is 0 Å². The van der Waals surface area contributed by atoms with Gasteiger partial charge in [-0.3, -0.25) is 0 Å². The summed E-state index contributed by atoms with van der Waals surface area (Å²) in [4.78, 5) is 0. The van der Waals surface area contributed by atoms with Crippen molar-refractivity contribution in [2.45, 2.75) is 12.5 Å². The molecule has 0 heterocycles. The minimum Gasteiger partial charge on any atom is -0.494 e. The number of ether oxygens (including phenoxy) is 2. The number of methoxy groups -OCH3 is 1. The number of nitrogens with two attached hydrogens (primary N) is 1. The Morgan fingerprint density at radius 1 is 1.15 bits per heavy atom. The van der Waals surface area contributed by atoms with Crippen LogP contribution in [0.5, 0.6) is 11.5 Å². The molecule has 0 saturated carbocycles. The monoisotopic (exact) mass is 275 g/mol. The van der Waals surface area contributed by atoms with Crippen LogP contribution in [0, 0.1) is 5.82 Å². The average Bonchev–Trinajstić information content (AvgIpc) is 2.48. The van der Waals surface area contributed by atoms with Crippen molar-refractivity contribution in [3.63, 3.8) is 0 Å². The zero-order chi connectivity index (χ0) is 14.4. The Balaban J connectivity index is 1.88. The largest absolute Gasteiger partial charge is 0.494 e. The molecule has 0 radical (unpaired) electrons. The summed E-state index contributed by atoms with van der Waals surface area (Å²) in [5.41, 5.74) is 6.77. The van der Waals surface area contributed by atoms with Gasteiger partial charge in [0.1, 0.15) is 5.75 Å². The van der Waals surface area contributed by atoms with E-state index in [1.165, 1.54) is 13.2 Å². The van der Waals surface area contributed by atoms with Crippen LogP contribution in [0.1, 0.15) is 18.0 Å². The van der Waals surface area contributed by atoms with Crippen molar-refractivity contribution in [3.05, 3.63) is 59.9 Å². The molecular formula is C16H18FNO2. The fourth-order valence-electron chi connectivity index (χ4n) is 1.90. The third-order valence-corrected chi connectivity index (χ3v) is 3.04. The SMILES string of the molecule is COc1ccc(C(N)CCOc2ccccc2)cc1F. The highest BCUT2D eigenvalue weighted by atomic mass is 19.1. The maximum absolute atomic E-state index is 13.6. The molecule has 0 saturated heterocycles. The highest BCUT2D eigenvalue weighted by molar-refractivity contribution is 5.31. The molecular weight excluding hydrogens is 257 g/mol. The van der Waals surface area contributed by atoms with Crippen molar-refractivity contribution >= 4 is 0 Å². The first-order chi connectivity index (χ1) is 9.70. The summed E-state index contributed by atoms with van der Waals surface area (Å²) in [7, 11) is 1.44. The van der Waals surface area contributed by atoms with Gasteiger partial charge >= 0.3 is 0 Å². The smallest absolute Gasteiger partial charge is 0.165 e. The van der Waals surface area contributed by atoms with Gasteiger partial charge in [-0.25, -0.2) is 4.39 Å². The van der Waals surface area contributed by atoms with Gasteiger partial charge in [-0.1, -0.05) is 24.3 Å². The summed E-state index contributed by atoms with van der Waals surface area (Å²) >= 11 is 0. The molecule has 2 rings (SSSR count). The van der Waals surface area contributed by atoms with Gasteiger partial charge in [0.15, 0.2) is 11.6 Å². The van der Waals surface area contributed by atoms with Crippen molar-refractivity contribution in [2.24, 2.45) is 5.73 Å². The molecule has 4 heteroatoms. The van der Waals surface area contributed by atoms with Crippen LogP contribution in [0.4, 0.5) is 4.39 Å². The zero-order valence-electron chi connectivity index (χ0n) is 11.4. The second-order valence-electron chi connectivity index (χ2n) is 4.45. The van der Waals surface area contributed by atoms with Gasteiger partial charge in [0, 0.05) is 12.5 Å². The molecule has 2 N–H and O–H groups in total. The molecule has 0 aromatic heterocycles. The van der Waals surface area contributed by atoms with Gasteiger partial charge in [-0.15, -0.1) is 0 Å². The average molecular weight is 275 g/mol. The van der Waals surface area contributed by atoms with Gasteiger partial charge in [0.05, 0.1) is 13.7 Å². The topological polar surface area (TPSA) is 44.5 Å². The summed E-state index contributed by atoms with van der Waals surface area (Å²) in [6, 6.07) is 14.0. The molecule has 1 unspecified atom stereocenters. The Hall–Kier alpha value is -2.07. The zero-order valence-corrected chi connectivity index (χ0v) is 11.4. The Morgan fingerprint density at radius 2 is 1.90 bits per heavy atom. The van der Waals surface area contributed by atoms with E-state index in [0.717, 1.165) is 11.3 Å². The molecule has 0 amide bonds. The Kier molecular flexibility index (Phi) is 4.96. The van der Waals surface area contributed by atoms with Gasteiger partial charge in [-0.05, 0) is 29.8 Å². The van der Waals surface area contributed by atoms with Crippen LogP contribution in [0.2, 0.25) is 0 Å². The minimum atomic E-state index is -0.399. The maximum Gasteiger partial charge on any atom is 0.165 e. The predicted octanol–water partition coefficient (Wildman–Crippen LogP) is 3.30. The first kappa shape index (κ1) is 14.3. The fourth-order valence-corrected chi connectivity index (χ4v) is 1.90. The summed E-state index contributed by atoms with van der Waals surface area (Å²) in [5, 5.41) is 0. The lowest BCUT2D eigenvalue weighted by molar-refractivity contribution is 0.298. The van der Waals surface area contributed by atoms with Crippen molar-refractivity contribution in [2.75, 3.05) is 13.7 Å². The molecule has 0 aliphatic rings. The van der Waals surface area contributed by atoms with Gasteiger partial charge in [0.2, 0.25) is 0 Å². The van der Waals surface area contributed by atoms with Crippen LogP contribution in [0.15, 0.2) is 48.5 Å². The first-order valence-corrected chi connectivity index (χ1v) is 6.47. The molecule has 0 bridgehead atoms. The van der Waals surface area contributed by atoms with E-state index in [-0.39, 0.29) is 11.8 Å². The van der Waals surface area contributed by atoms with E-state index in [1.807, 2.05) is 30.3 Å². The quantitative estimate of drug-likeness (QED) is 0.879. The number of para-hydroxylation sites is 1. The third kappa shape index (κ3) is 3.71. The molecule has 2 aromatic rings. The Bertz CT molecular complexity index is 545. The second-order valence-corrected chi connectivity index (χ2v) is 4.45. The van der Waals surface area contributed by atoms with Crippen molar-refractivity contribution in [1.29, 1.82) is 0 Å². The second kappa shape index (κ2) is 6.91. The van der Waals surface area contributed by atoms with Crippen molar-refractivity contribution < 1.29 is 13.9 Å². The molecule has 0 spiro atoms. The van der Waals surface area contributed by atoms with E-state index in [0.29, 0.717) is 13.0 Å². The lowest BCUT2D eigenvalue weighted by Crippen LogP contribution is -2.14. The number of benzene rings is 2. The highest BCUT2D eigenvalue weighted by Crippen LogP contribution is 2.22. The number of rotatable bonds is 6. The predicted molar refractivity (Wildman–Crippen MR) is 76.4 cm³/mol. The highest BCUT2D eigenvalue weighted by Gasteiger charge is 2.10. The number of hydrogen-bond acceptors (Lipinski definition) is 3. The van der Waals surface area contributed by atoms with Crippen molar-refractivity contribution in [1.82, 2.24) is 0 Å². The summed E-state index contributed by atoms with van der Waals surface area (Å²) in [6.45, 7) is 0.485. The number of halogens is 1. The normalized spacial score (nSPS) is 11.9. The van der Waals surface area contributed by atoms with E-state index in [2.05, 4.69) is 0 Å². The van der Waals surface area contributed by atoms with Crippen LogP contribution < -0.4 is 15.2 Å². The first-order valence-electron chi connectivity index (χ1n) is 6.47. The minimum absolute atomic E-state index is 0.224. The Labute approximate surface area is 118 Å². The summed E-state index contributed by atoms with van der Waals surface area (Å²) in [5.74, 6) is 0.631. The molecule has 1 atom stereocenters. The molecule has 0 aliphatic heterocycles. The van der Waals surface area contributed by atoms with Crippen LogP contribution in [0.25, 0.3) is 0 Å². The molecule has 3 nitrogen and oxygen atoms in total. The van der Waals surface area contributed by atoms with E-state index in [9.17, 15) is 4.39 Å².